The number of anilines is 1. The zero-order chi connectivity index (χ0) is 10.4. The van der Waals surface area contributed by atoms with Gasteiger partial charge in [0.1, 0.15) is 6.04 Å². The van der Waals surface area contributed by atoms with Gasteiger partial charge in [0.15, 0.2) is 0 Å². The Hall–Kier alpha value is -1.71. The molecule has 0 heterocycles. The summed E-state index contributed by atoms with van der Waals surface area (Å²) in [4.78, 5) is 11.1. The highest BCUT2D eigenvalue weighted by Crippen LogP contribution is 2.09. The maximum absolute atomic E-state index is 11.1. The molecule has 0 bridgehead atoms. The minimum Gasteiger partial charge on any atom is -0.704 e. The zero-order valence-corrected chi connectivity index (χ0v) is 7.97. The minimum absolute atomic E-state index is 0.456. The quantitative estimate of drug-likeness (QED) is 0.741. The summed E-state index contributed by atoms with van der Waals surface area (Å²) in [5, 5.41) is 5.63. The van der Waals surface area contributed by atoms with Crippen LogP contribution in [-0.4, -0.2) is 11.9 Å². The summed E-state index contributed by atoms with van der Waals surface area (Å²) in [5.41, 5.74) is 9.19. The Morgan fingerprint density at radius 1 is 1.50 bits per heavy atom. The van der Waals surface area contributed by atoms with Crippen molar-refractivity contribution in [3.63, 3.8) is 0 Å². The second-order valence-corrected chi connectivity index (χ2v) is 2.91. The normalized spacial score (nSPS) is 11.8. The predicted octanol–water partition coefficient (Wildman–Crippen LogP) is 2.43. The van der Waals surface area contributed by atoms with Crippen molar-refractivity contribution < 1.29 is 4.79 Å². The molecule has 0 aliphatic rings. The second kappa shape index (κ2) is 5.11. The van der Waals surface area contributed by atoms with Crippen LogP contribution >= 0.6 is 0 Å². The molecular formula is C10H12N3O-. The fourth-order valence-corrected chi connectivity index (χ4v) is 1.14. The standard InChI is InChI=1S/C10H12N3O/c1-2-9(10(14)13-11)12-8-6-4-3-5-7-8/h3-7,9,12H,2H2,1H3/q-1. The summed E-state index contributed by atoms with van der Waals surface area (Å²) in [6.45, 7) is 1.85. The van der Waals surface area contributed by atoms with E-state index in [0.717, 1.165) is 5.69 Å². The van der Waals surface area contributed by atoms with Gasteiger partial charge in [-0.3, -0.25) is 4.79 Å². The molecule has 1 amide bonds. The van der Waals surface area contributed by atoms with Gasteiger partial charge >= 0.3 is 0 Å². The van der Waals surface area contributed by atoms with Crippen LogP contribution < -0.4 is 5.32 Å². The Balaban J connectivity index is 2.66. The summed E-state index contributed by atoms with van der Waals surface area (Å²) < 4.78 is 0. The predicted molar refractivity (Wildman–Crippen MR) is 54.9 cm³/mol. The molecule has 1 N–H and O–H groups in total. The van der Waals surface area contributed by atoms with Crippen LogP contribution in [0.25, 0.3) is 5.53 Å². The van der Waals surface area contributed by atoms with Crippen molar-refractivity contribution in [3.05, 3.63) is 35.9 Å². The zero-order valence-electron chi connectivity index (χ0n) is 7.97. The van der Waals surface area contributed by atoms with E-state index < -0.39 is 11.9 Å². The van der Waals surface area contributed by atoms with E-state index in [1.54, 1.807) is 0 Å². The van der Waals surface area contributed by atoms with Crippen molar-refractivity contribution in [1.82, 2.24) is 0 Å². The number of carbonyl (C=O) groups excluding carboxylic acids is 1. The van der Waals surface area contributed by atoms with Gasteiger partial charge < -0.3 is 16.0 Å². The lowest BCUT2D eigenvalue weighted by atomic mass is 10.2. The van der Waals surface area contributed by atoms with E-state index >= 15 is 0 Å². The third kappa shape index (κ3) is 2.65. The van der Waals surface area contributed by atoms with Gasteiger partial charge in [-0.1, -0.05) is 25.1 Å². The number of amides is 1. The molecule has 0 saturated carbocycles. The number of rotatable bonds is 4. The molecule has 4 heteroatoms. The maximum atomic E-state index is 11.1. The molecule has 0 fully saturated rings. The first kappa shape index (κ1) is 10.4. The highest BCUT2D eigenvalue weighted by molar-refractivity contribution is 5.85. The van der Waals surface area contributed by atoms with Crippen molar-refractivity contribution in [2.24, 2.45) is 5.11 Å². The minimum atomic E-state index is -0.545. The number of nitrogens with zero attached hydrogens (tertiary/aromatic N) is 2. The number of para-hydroxylation sites is 1. The number of benzene rings is 1. The molecule has 1 aromatic rings. The van der Waals surface area contributed by atoms with Crippen LogP contribution in [0.4, 0.5) is 5.69 Å². The van der Waals surface area contributed by atoms with Gasteiger partial charge in [0.25, 0.3) is 0 Å². The van der Waals surface area contributed by atoms with Gasteiger partial charge in [-0.05, 0) is 18.6 Å². The first-order chi connectivity index (χ1) is 6.77. The first-order valence-corrected chi connectivity index (χ1v) is 4.48. The van der Waals surface area contributed by atoms with Crippen molar-refractivity contribution in [2.75, 3.05) is 5.32 Å². The van der Waals surface area contributed by atoms with Crippen LogP contribution in [0.1, 0.15) is 13.3 Å². The largest absolute Gasteiger partial charge is 0.704 e. The fourth-order valence-electron chi connectivity index (χ4n) is 1.14. The molecule has 1 rings (SSSR count). The van der Waals surface area contributed by atoms with E-state index in [0.29, 0.717) is 6.42 Å². The molecule has 0 aliphatic heterocycles. The van der Waals surface area contributed by atoms with Crippen LogP contribution in [0, 0.1) is 0 Å². The van der Waals surface area contributed by atoms with Crippen molar-refractivity contribution in [3.8, 4) is 0 Å². The van der Waals surface area contributed by atoms with Gasteiger partial charge in [-0.2, -0.15) is 0 Å². The molecule has 1 unspecified atom stereocenters. The van der Waals surface area contributed by atoms with E-state index in [1.807, 2.05) is 37.3 Å². The summed E-state index contributed by atoms with van der Waals surface area (Å²) in [6.07, 6.45) is 0.581. The molecule has 0 spiro atoms. The lowest BCUT2D eigenvalue weighted by molar-refractivity contribution is -0.118. The van der Waals surface area contributed by atoms with E-state index in [1.165, 1.54) is 0 Å². The summed E-state index contributed by atoms with van der Waals surface area (Å²) in [5.74, 6) is -0.545. The van der Waals surface area contributed by atoms with Gasteiger partial charge in [0.2, 0.25) is 5.91 Å². The fraction of sp³-hybridized carbons (Fsp3) is 0.300. The number of nitrogens with one attached hydrogen (secondary N) is 1. The van der Waals surface area contributed by atoms with Gasteiger partial charge in [0.05, 0.1) is 0 Å². The number of hydrogen-bond donors (Lipinski definition) is 1. The van der Waals surface area contributed by atoms with E-state index in [2.05, 4.69) is 10.4 Å². The Morgan fingerprint density at radius 2 is 2.14 bits per heavy atom. The van der Waals surface area contributed by atoms with Crippen LogP contribution in [0.3, 0.4) is 0 Å². The average Bonchev–Trinajstić information content (AvgIpc) is 2.26. The molecule has 1 atom stereocenters. The Labute approximate surface area is 82.8 Å². The third-order valence-electron chi connectivity index (χ3n) is 1.92. The number of carbonyl (C=O) groups is 1. The summed E-state index contributed by atoms with van der Waals surface area (Å²) in [6, 6.07) is 8.89. The lowest BCUT2D eigenvalue weighted by Gasteiger charge is -2.15. The van der Waals surface area contributed by atoms with Crippen LogP contribution in [0.5, 0.6) is 0 Å². The molecule has 1 aromatic carbocycles. The second-order valence-electron chi connectivity index (χ2n) is 2.91. The van der Waals surface area contributed by atoms with E-state index in [4.69, 9.17) is 5.53 Å². The number of hydrogen-bond acceptors (Lipinski definition) is 2. The molecule has 14 heavy (non-hydrogen) atoms. The highest BCUT2D eigenvalue weighted by Gasteiger charge is 2.12. The molecule has 0 radical (unpaired) electrons. The third-order valence-corrected chi connectivity index (χ3v) is 1.92. The average molecular weight is 190 g/mol. The monoisotopic (exact) mass is 190 g/mol. The molecular weight excluding hydrogens is 178 g/mol. The lowest BCUT2D eigenvalue weighted by Crippen LogP contribution is -2.26. The van der Waals surface area contributed by atoms with Crippen LogP contribution in [0.2, 0.25) is 0 Å². The Bertz CT molecular complexity index is 310. The molecule has 74 valence electrons. The molecule has 0 aliphatic carbocycles. The van der Waals surface area contributed by atoms with Crippen molar-refractivity contribution in [1.29, 1.82) is 0 Å². The highest BCUT2D eigenvalue weighted by atomic mass is 16.2. The summed E-state index contributed by atoms with van der Waals surface area (Å²) >= 11 is 0. The Kier molecular flexibility index (Phi) is 3.79. The molecule has 0 aromatic heterocycles. The van der Waals surface area contributed by atoms with E-state index in [-0.39, 0.29) is 0 Å². The molecule has 4 nitrogen and oxygen atoms in total. The smallest absolute Gasteiger partial charge is 0.248 e. The maximum Gasteiger partial charge on any atom is 0.248 e. The van der Waals surface area contributed by atoms with E-state index in [9.17, 15) is 4.79 Å². The topological polar surface area (TPSA) is 63.8 Å². The van der Waals surface area contributed by atoms with Crippen molar-refractivity contribution in [2.45, 2.75) is 19.4 Å². The van der Waals surface area contributed by atoms with Gasteiger partial charge in [0, 0.05) is 5.69 Å². The van der Waals surface area contributed by atoms with Gasteiger partial charge in [-0.25, -0.2) is 0 Å². The SMILES string of the molecule is CCC(Nc1ccccc1)C(=O)N=[N-]. The van der Waals surface area contributed by atoms with Crippen LogP contribution in [-0.2, 0) is 4.79 Å². The molecule has 0 saturated heterocycles. The van der Waals surface area contributed by atoms with Crippen LogP contribution in [0.15, 0.2) is 35.4 Å². The first-order valence-electron chi connectivity index (χ1n) is 4.48. The summed E-state index contributed by atoms with van der Waals surface area (Å²) in [7, 11) is 0. The van der Waals surface area contributed by atoms with Crippen molar-refractivity contribution >= 4 is 11.6 Å². The Morgan fingerprint density at radius 3 is 2.64 bits per heavy atom. The van der Waals surface area contributed by atoms with Gasteiger partial charge in [-0.15, -0.1) is 0 Å².